The van der Waals surface area contributed by atoms with E-state index in [1.807, 2.05) is 20.8 Å². The van der Waals surface area contributed by atoms with Crippen LogP contribution in [0.5, 0.6) is 0 Å². The molecule has 2 aromatic rings. The first-order valence-electron chi connectivity index (χ1n) is 7.98. The van der Waals surface area contributed by atoms with E-state index in [9.17, 15) is 13.6 Å². The molecule has 0 atom stereocenters. The quantitative estimate of drug-likeness (QED) is 0.764. The summed E-state index contributed by atoms with van der Waals surface area (Å²) in [5.74, 6) is -0.632. The number of halogens is 1. The number of rotatable bonds is 5. The van der Waals surface area contributed by atoms with Crippen molar-refractivity contribution in [2.24, 2.45) is 0 Å². The molecule has 0 saturated carbocycles. The van der Waals surface area contributed by atoms with Crippen LogP contribution in [0.25, 0.3) is 5.69 Å². The number of benzene rings is 1. The maximum absolute atomic E-state index is 14.3. The Labute approximate surface area is 152 Å². The molecule has 2 rings (SSSR count). The van der Waals surface area contributed by atoms with E-state index in [2.05, 4.69) is 10.4 Å². The first-order valence-corrected chi connectivity index (χ1v) is 9.30. The average molecular weight is 379 g/mol. The standard InChI is InChI=1S/C17H22FN3O4Si/c1-16(2,3)26(24)25-17(4,5)11-9-19-21(10-11)14-7-6-12(8-13(14)18)20-15(22)23/h6-10,20H,1-5H3,(H,22,23). The molecule has 0 bridgehead atoms. The molecule has 0 fully saturated rings. The highest BCUT2D eigenvalue weighted by Crippen LogP contribution is 2.31. The molecule has 2 N–H and O–H groups in total. The van der Waals surface area contributed by atoms with Gasteiger partial charge in [0.05, 0.1) is 6.20 Å². The Morgan fingerprint density at radius 2 is 1.96 bits per heavy atom. The minimum absolute atomic E-state index is 0.124. The van der Waals surface area contributed by atoms with Gasteiger partial charge in [-0.1, -0.05) is 20.8 Å². The van der Waals surface area contributed by atoms with Gasteiger partial charge < -0.3 is 14.0 Å². The first kappa shape index (κ1) is 19.8. The Bertz CT molecular complexity index is 843. The normalized spacial score (nSPS) is 11.9. The van der Waals surface area contributed by atoms with E-state index in [1.54, 1.807) is 20.0 Å². The van der Waals surface area contributed by atoms with E-state index in [-0.39, 0.29) is 11.4 Å². The van der Waals surface area contributed by atoms with Crippen LogP contribution in [0.2, 0.25) is 5.04 Å². The van der Waals surface area contributed by atoms with Crippen molar-refractivity contribution in [3.63, 3.8) is 0 Å². The van der Waals surface area contributed by atoms with Crippen molar-refractivity contribution in [2.45, 2.75) is 45.3 Å². The molecule has 0 radical (unpaired) electrons. The zero-order chi connectivity index (χ0) is 19.7. The highest BCUT2D eigenvalue weighted by molar-refractivity contribution is 6.39. The van der Waals surface area contributed by atoms with E-state index in [0.29, 0.717) is 5.56 Å². The lowest BCUT2D eigenvalue weighted by atomic mass is 10.0. The molecule has 7 nitrogen and oxygen atoms in total. The Kier molecular flexibility index (Phi) is 5.31. The summed E-state index contributed by atoms with van der Waals surface area (Å²) in [4.78, 5) is 10.6. The molecule has 1 amide bonds. The van der Waals surface area contributed by atoms with Crippen molar-refractivity contribution in [2.75, 3.05) is 5.32 Å². The number of hydrogen-bond donors (Lipinski definition) is 2. The van der Waals surface area contributed by atoms with Gasteiger partial charge in [-0.15, -0.1) is 0 Å². The topological polar surface area (TPSA) is 93.5 Å². The van der Waals surface area contributed by atoms with Gasteiger partial charge in [0.2, 0.25) is 0 Å². The molecule has 0 aliphatic rings. The molecule has 1 heterocycles. The van der Waals surface area contributed by atoms with Gasteiger partial charge in [0, 0.05) is 22.5 Å². The number of aromatic nitrogens is 2. The lowest BCUT2D eigenvalue weighted by Gasteiger charge is -2.28. The number of carboxylic acid groups (broad SMARTS) is 1. The van der Waals surface area contributed by atoms with Crippen LogP contribution >= 0.6 is 0 Å². The van der Waals surface area contributed by atoms with E-state index in [4.69, 9.17) is 9.53 Å². The van der Waals surface area contributed by atoms with Gasteiger partial charge in [-0.05, 0) is 32.0 Å². The second-order valence-electron chi connectivity index (χ2n) is 7.42. The number of amides is 1. The summed E-state index contributed by atoms with van der Waals surface area (Å²) in [5, 5.41) is 14.4. The molecule has 0 spiro atoms. The summed E-state index contributed by atoms with van der Waals surface area (Å²) in [6, 6.07) is 3.93. The Balaban J connectivity index is 2.26. The summed E-state index contributed by atoms with van der Waals surface area (Å²) in [6.07, 6.45) is 1.85. The van der Waals surface area contributed by atoms with E-state index in [1.165, 1.54) is 23.0 Å². The van der Waals surface area contributed by atoms with Gasteiger partial charge >= 0.3 is 15.0 Å². The van der Waals surface area contributed by atoms with Crippen LogP contribution < -0.4 is 5.32 Å². The highest BCUT2D eigenvalue weighted by Gasteiger charge is 2.35. The second kappa shape index (κ2) is 6.98. The van der Waals surface area contributed by atoms with Crippen molar-refractivity contribution < 1.29 is 23.2 Å². The molecule has 0 saturated heterocycles. The largest absolute Gasteiger partial charge is 0.515 e. The maximum atomic E-state index is 14.3. The van der Waals surface area contributed by atoms with Gasteiger partial charge in [-0.3, -0.25) is 5.32 Å². The summed E-state index contributed by atoms with van der Waals surface area (Å²) < 4.78 is 33.7. The average Bonchev–Trinajstić information content (AvgIpc) is 2.95. The zero-order valence-corrected chi connectivity index (χ0v) is 16.3. The van der Waals surface area contributed by atoms with Gasteiger partial charge in [-0.25, -0.2) is 13.9 Å². The highest BCUT2D eigenvalue weighted by atomic mass is 28.3. The van der Waals surface area contributed by atoms with Gasteiger partial charge in [0.25, 0.3) is 0 Å². The fourth-order valence-corrected chi connectivity index (χ4v) is 2.99. The lowest BCUT2D eigenvalue weighted by Crippen LogP contribution is -2.31. The molecule has 26 heavy (non-hydrogen) atoms. The Morgan fingerprint density at radius 1 is 1.31 bits per heavy atom. The van der Waals surface area contributed by atoms with Gasteiger partial charge in [0.1, 0.15) is 11.3 Å². The first-order chi connectivity index (χ1) is 11.9. The SMILES string of the molecule is CC(C)(O[Si](=O)C(C)(C)C)c1cnn(-c2ccc(NC(=O)O)cc2F)c1. The summed E-state index contributed by atoms with van der Waals surface area (Å²) in [6.45, 7) is 9.08. The molecular weight excluding hydrogens is 357 g/mol. The monoisotopic (exact) mass is 379 g/mol. The van der Waals surface area contributed by atoms with Crippen LogP contribution in [0, 0.1) is 5.82 Å². The van der Waals surface area contributed by atoms with Gasteiger partial charge in [0.15, 0.2) is 5.82 Å². The molecule has 1 aromatic heterocycles. The van der Waals surface area contributed by atoms with Crippen molar-refractivity contribution in [3.05, 3.63) is 42.0 Å². The van der Waals surface area contributed by atoms with Crippen molar-refractivity contribution in [1.82, 2.24) is 9.78 Å². The minimum Gasteiger partial charge on any atom is -0.515 e. The zero-order valence-electron chi connectivity index (χ0n) is 15.3. The molecule has 0 aliphatic heterocycles. The summed E-state index contributed by atoms with van der Waals surface area (Å²) in [5.41, 5.74) is 0.0697. The van der Waals surface area contributed by atoms with Crippen LogP contribution in [0.1, 0.15) is 40.2 Å². The predicted octanol–water partition coefficient (Wildman–Crippen LogP) is 4.07. The maximum Gasteiger partial charge on any atom is 0.508 e. The smallest absolute Gasteiger partial charge is 0.508 e. The molecule has 140 valence electrons. The minimum atomic E-state index is -2.31. The third-order valence-corrected chi connectivity index (χ3v) is 5.60. The molecule has 9 heteroatoms. The number of carbonyl (C=O) groups is 1. The number of hydrogen-bond acceptors (Lipinski definition) is 4. The lowest BCUT2D eigenvalue weighted by molar-refractivity contribution is 0.0882. The fraction of sp³-hybridized carbons (Fsp3) is 0.412. The number of nitrogens with zero attached hydrogens (tertiary/aromatic N) is 2. The molecule has 0 unspecified atom stereocenters. The Morgan fingerprint density at radius 3 is 2.50 bits per heavy atom. The summed E-state index contributed by atoms with van der Waals surface area (Å²) in [7, 11) is -2.31. The number of nitrogens with one attached hydrogen (secondary N) is 1. The van der Waals surface area contributed by atoms with Crippen LogP contribution in [0.3, 0.4) is 0 Å². The molecule has 0 aliphatic carbocycles. The Hall–Kier alpha value is -2.55. The van der Waals surface area contributed by atoms with E-state index in [0.717, 1.165) is 6.07 Å². The van der Waals surface area contributed by atoms with E-state index < -0.39 is 31.5 Å². The van der Waals surface area contributed by atoms with Crippen LogP contribution in [-0.4, -0.2) is 29.9 Å². The summed E-state index contributed by atoms with van der Waals surface area (Å²) >= 11 is 0. The van der Waals surface area contributed by atoms with E-state index >= 15 is 0 Å². The van der Waals surface area contributed by atoms with Crippen LogP contribution in [-0.2, 0) is 14.5 Å². The fourth-order valence-electron chi connectivity index (χ4n) is 2.10. The van der Waals surface area contributed by atoms with Crippen molar-refractivity contribution >= 4 is 20.7 Å². The van der Waals surface area contributed by atoms with Crippen LogP contribution in [0.4, 0.5) is 14.9 Å². The van der Waals surface area contributed by atoms with Crippen molar-refractivity contribution in [1.29, 1.82) is 0 Å². The van der Waals surface area contributed by atoms with Gasteiger partial charge in [-0.2, -0.15) is 5.10 Å². The molecular formula is C17H22FN3O4Si. The second-order valence-corrected chi connectivity index (χ2v) is 9.70. The predicted molar refractivity (Wildman–Crippen MR) is 95.4 cm³/mol. The number of anilines is 1. The van der Waals surface area contributed by atoms with Crippen molar-refractivity contribution in [3.8, 4) is 5.69 Å². The van der Waals surface area contributed by atoms with Crippen LogP contribution in [0.15, 0.2) is 30.6 Å². The third kappa shape index (κ3) is 4.54. The third-order valence-electron chi connectivity index (χ3n) is 3.68. The molecule has 1 aromatic carbocycles.